The predicted octanol–water partition coefficient (Wildman–Crippen LogP) is 3.40. The van der Waals surface area contributed by atoms with Gasteiger partial charge in [-0.15, -0.1) is 0 Å². The minimum absolute atomic E-state index is 0.0543. The lowest BCUT2D eigenvalue weighted by molar-refractivity contribution is 0.173. The van der Waals surface area contributed by atoms with Crippen molar-refractivity contribution in [3.63, 3.8) is 0 Å². The van der Waals surface area contributed by atoms with E-state index in [1.54, 1.807) is 0 Å². The molecule has 0 heterocycles. The Bertz CT molecular complexity index is 206. The summed E-state index contributed by atoms with van der Waals surface area (Å²) in [5, 5.41) is 3.01. The summed E-state index contributed by atoms with van der Waals surface area (Å²) in [7, 11) is 0. The molecule has 0 aromatic heterocycles. The lowest BCUT2D eigenvalue weighted by atomic mass is 10.1. The van der Waals surface area contributed by atoms with Crippen molar-refractivity contribution < 1.29 is 4.79 Å². The smallest absolute Gasteiger partial charge is 0.318 e. The molecule has 3 heteroatoms. The van der Waals surface area contributed by atoms with Gasteiger partial charge in [-0.1, -0.05) is 19.8 Å². The summed E-state index contributed by atoms with van der Waals surface area (Å²) < 4.78 is 0. The normalized spacial score (nSPS) is 11.7. The first-order valence-electron chi connectivity index (χ1n) is 6.36. The first-order valence-corrected chi connectivity index (χ1v) is 6.36. The number of urea groups is 1. The maximum absolute atomic E-state index is 12.0. The molecule has 0 atom stereocenters. The fourth-order valence-electron chi connectivity index (χ4n) is 1.52. The molecule has 0 unspecified atom stereocenters. The summed E-state index contributed by atoms with van der Waals surface area (Å²) in [6.45, 7) is 13.2. The van der Waals surface area contributed by atoms with Gasteiger partial charge in [-0.25, -0.2) is 4.79 Å². The third-order valence-electron chi connectivity index (χ3n) is 2.37. The Labute approximate surface area is 101 Å². The van der Waals surface area contributed by atoms with Gasteiger partial charge in [-0.05, 0) is 41.0 Å². The Morgan fingerprint density at radius 3 is 2.19 bits per heavy atom. The molecule has 0 radical (unpaired) electrons. The van der Waals surface area contributed by atoms with Crippen LogP contribution in [0, 0.1) is 0 Å². The van der Waals surface area contributed by atoms with Gasteiger partial charge in [0.15, 0.2) is 0 Å². The van der Waals surface area contributed by atoms with Gasteiger partial charge in [0.2, 0.25) is 0 Å². The van der Waals surface area contributed by atoms with Crippen LogP contribution in [0.4, 0.5) is 4.79 Å². The number of carbonyl (C=O) groups excluding carboxylic acids is 1. The fourth-order valence-corrected chi connectivity index (χ4v) is 1.52. The molecule has 96 valence electrons. The van der Waals surface area contributed by atoms with Crippen molar-refractivity contribution in [2.24, 2.45) is 0 Å². The number of nitrogens with one attached hydrogen (secondary N) is 1. The number of hydrogen-bond acceptors (Lipinski definition) is 1. The lowest BCUT2D eigenvalue weighted by Gasteiger charge is -2.31. The minimum atomic E-state index is -0.158. The molecule has 0 saturated heterocycles. The average Bonchev–Trinajstić information content (AvgIpc) is 2.08. The molecule has 0 aliphatic rings. The molecule has 0 spiro atoms. The molecule has 0 saturated carbocycles. The highest BCUT2D eigenvalue weighted by Gasteiger charge is 2.20. The maximum atomic E-state index is 12.0. The molecule has 2 amide bonds. The molecular formula is C13H28N2O. The molecule has 0 aromatic carbocycles. The van der Waals surface area contributed by atoms with Gasteiger partial charge < -0.3 is 10.2 Å². The third kappa shape index (κ3) is 6.70. The van der Waals surface area contributed by atoms with Crippen molar-refractivity contribution in [3.8, 4) is 0 Å². The summed E-state index contributed by atoms with van der Waals surface area (Å²) in [5.74, 6) is 0. The second kappa shape index (κ2) is 6.77. The Balaban J connectivity index is 4.25. The molecule has 0 aliphatic carbocycles. The van der Waals surface area contributed by atoms with Gasteiger partial charge in [0.05, 0.1) is 0 Å². The lowest BCUT2D eigenvalue weighted by Crippen LogP contribution is -2.51. The quantitative estimate of drug-likeness (QED) is 0.719. The van der Waals surface area contributed by atoms with E-state index in [0.717, 1.165) is 13.0 Å². The Morgan fingerprint density at radius 1 is 1.25 bits per heavy atom. The van der Waals surface area contributed by atoms with E-state index in [1.807, 2.05) is 25.7 Å². The van der Waals surface area contributed by atoms with Crippen LogP contribution in [0.25, 0.3) is 0 Å². The summed E-state index contributed by atoms with van der Waals surface area (Å²) >= 11 is 0. The van der Waals surface area contributed by atoms with Crippen LogP contribution in [-0.2, 0) is 0 Å². The van der Waals surface area contributed by atoms with E-state index in [0.29, 0.717) is 0 Å². The van der Waals surface area contributed by atoms with E-state index >= 15 is 0 Å². The van der Waals surface area contributed by atoms with E-state index in [4.69, 9.17) is 0 Å². The molecule has 0 bridgehead atoms. The number of unbranched alkanes of at least 4 members (excludes halogenated alkanes) is 2. The second-order valence-electron chi connectivity index (χ2n) is 5.67. The maximum Gasteiger partial charge on any atom is 0.318 e. The highest BCUT2D eigenvalue weighted by Crippen LogP contribution is 2.07. The van der Waals surface area contributed by atoms with Crippen molar-refractivity contribution in [1.82, 2.24) is 10.2 Å². The van der Waals surface area contributed by atoms with E-state index in [2.05, 4.69) is 26.1 Å². The van der Waals surface area contributed by atoms with E-state index in [-0.39, 0.29) is 17.6 Å². The van der Waals surface area contributed by atoms with Gasteiger partial charge in [-0.2, -0.15) is 0 Å². The second-order valence-corrected chi connectivity index (χ2v) is 5.67. The standard InChI is InChI=1S/C13H28N2O/c1-7-8-9-10-15(11(2)3)12(16)14-13(4,5)6/h11H,7-10H2,1-6H3,(H,14,16). The highest BCUT2D eigenvalue weighted by molar-refractivity contribution is 5.75. The molecule has 16 heavy (non-hydrogen) atoms. The van der Waals surface area contributed by atoms with Crippen LogP contribution in [0.2, 0.25) is 0 Å². The third-order valence-corrected chi connectivity index (χ3v) is 2.37. The molecule has 0 rings (SSSR count). The molecular weight excluding hydrogens is 200 g/mol. The van der Waals surface area contributed by atoms with Crippen LogP contribution in [0.3, 0.4) is 0 Å². The number of hydrogen-bond donors (Lipinski definition) is 1. The zero-order chi connectivity index (χ0) is 12.8. The van der Waals surface area contributed by atoms with Crippen LogP contribution in [0.5, 0.6) is 0 Å². The average molecular weight is 228 g/mol. The summed E-state index contributed by atoms with van der Waals surface area (Å²) in [6, 6.07) is 0.317. The molecule has 0 aromatic rings. The largest absolute Gasteiger partial charge is 0.333 e. The van der Waals surface area contributed by atoms with Crippen molar-refractivity contribution >= 4 is 6.03 Å². The fraction of sp³-hybridized carbons (Fsp3) is 0.923. The minimum Gasteiger partial charge on any atom is -0.333 e. The SMILES string of the molecule is CCCCCN(C(=O)NC(C)(C)C)C(C)C. The van der Waals surface area contributed by atoms with Crippen molar-refractivity contribution in [1.29, 1.82) is 0 Å². The van der Waals surface area contributed by atoms with Crippen molar-refractivity contribution in [2.45, 2.75) is 72.4 Å². The van der Waals surface area contributed by atoms with Crippen LogP contribution < -0.4 is 5.32 Å². The molecule has 1 N–H and O–H groups in total. The highest BCUT2D eigenvalue weighted by atomic mass is 16.2. The monoisotopic (exact) mass is 228 g/mol. The predicted molar refractivity (Wildman–Crippen MR) is 69.7 cm³/mol. The number of carbonyl (C=O) groups is 1. The Morgan fingerprint density at radius 2 is 1.81 bits per heavy atom. The van der Waals surface area contributed by atoms with E-state index in [9.17, 15) is 4.79 Å². The molecule has 0 aliphatic heterocycles. The summed E-state index contributed by atoms with van der Waals surface area (Å²) in [4.78, 5) is 13.9. The van der Waals surface area contributed by atoms with Crippen molar-refractivity contribution in [3.05, 3.63) is 0 Å². The topological polar surface area (TPSA) is 32.3 Å². The van der Waals surface area contributed by atoms with E-state index in [1.165, 1.54) is 12.8 Å². The summed E-state index contributed by atoms with van der Waals surface area (Å²) in [6.07, 6.45) is 3.46. The Hall–Kier alpha value is -0.730. The van der Waals surface area contributed by atoms with Crippen LogP contribution in [0.15, 0.2) is 0 Å². The first-order chi connectivity index (χ1) is 7.28. The first kappa shape index (κ1) is 15.3. The van der Waals surface area contributed by atoms with E-state index < -0.39 is 0 Å². The van der Waals surface area contributed by atoms with Crippen LogP contribution in [0.1, 0.15) is 60.8 Å². The number of amides is 2. The zero-order valence-corrected chi connectivity index (χ0v) is 11.8. The number of rotatable bonds is 5. The van der Waals surface area contributed by atoms with Gasteiger partial charge in [0.25, 0.3) is 0 Å². The van der Waals surface area contributed by atoms with Gasteiger partial charge in [0, 0.05) is 18.1 Å². The van der Waals surface area contributed by atoms with Crippen LogP contribution >= 0.6 is 0 Å². The summed E-state index contributed by atoms with van der Waals surface area (Å²) in [5.41, 5.74) is -0.158. The zero-order valence-electron chi connectivity index (χ0n) is 11.8. The van der Waals surface area contributed by atoms with Gasteiger partial charge >= 0.3 is 6.03 Å². The molecule has 3 nitrogen and oxygen atoms in total. The van der Waals surface area contributed by atoms with Gasteiger partial charge in [0.1, 0.15) is 0 Å². The van der Waals surface area contributed by atoms with Crippen LogP contribution in [-0.4, -0.2) is 29.1 Å². The Kier molecular flexibility index (Phi) is 6.46. The van der Waals surface area contributed by atoms with Gasteiger partial charge in [-0.3, -0.25) is 0 Å². The number of nitrogens with zero attached hydrogens (tertiary/aromatic N) is 1. The molecule has 0 fully saturated rings. The van der Waals surface area contributed by atoms with Crippen molar-refractivity contribution in [2.75, 3.05) is 6.54 Å².